The summed E-state index contributed by atoms with van der Waals surface area (Å²) in [6, 6.07) is 14.0. The number of amides is 1. The molecule has 1 atom stereocenters. The van der Waals surface area contributed by atoms with Crippen LogP contribution < -0.4 is 11.2 Å². The van der Waals surface area contributed by atoms with Crippen LogP contribution in [0.4, 0.5) is 4.39 Å². The van der Waals surface area contributed by atoms with Gasteiger partial charge in [0.25, 0.3) is 0 Å². The number of nitrogens with zero attached hydrogens (tertiary/aromatic N) is 3. The molecule has 3 N–H and O–H groups in total. The largest absolute Gasteiger partial charge is 0.349 e. The molecule has 0 bridgehead atoms. The van der Waals surface area contributed by atoms with Crippen LogP contribution in [0.1, 0.15) is 30.5 Å². The van der Waals surface area contributed by atoms with Crippen molar-refractivity contribution in [3.05, 3.63) is 65.5 Å². The number of carbonyl (C=O) groups is 1. The molecule has 1 heterocycles. The van der Waals surface area contributed by atoms with E-state index in [4.69, 9.17) is 5.84 Å². The Morgan fingerprint density at radius 3 is 2.68 bits per heavy atom. The van der Waals surface area contributed by atoms with Crippen molar-refractivity contribution in [2.75, 3.05) is 11.6 Å². The van der Waals surface area contributed by atoms with Crippen molar-refractivity contribution >= 4 is 17.7 Å². The third kappa shape index (κ3) is 4.69. The van der Waals surface area contributed by atoms with Gasteiger partial charge in [0, 0.05) is 5.56 Å². The topological polar surface area (TPSA) is 85.8 Å². The lowest BCUT2D eigenvalue weighted by Gasteiger charge is -2.17. The summed E-state index contributed by atoms with van der Waals surface area (Å²) >= 11 is 1.18. The smallest absolute Gasteiger partial charge is 0.230 e. The van der Waals surface area contributed by atoms with Gasteiger partial charge in [-0.1, -0.05) is 60.6 Å². The summed E-state index contributed by atoms with van der Waals surface area (Å²) < 4.78 is 14.7. The zero-order valence-electron chi connectivity index (χ0n) is 15.7. The van der Waals surface area contributed by atoms with E-state index in [0.717, 1.165) is 12.0 Å². The molecule has 6 nitrogen and oxygen atoms in total. The minimum atomic E-state index is -0.379. The summed E-state index contributed by atoms with van der Waals surface area (Å²) in [4.78, 5) is 12.4. The fourth-order valence-electron chi connectivity index (χ4n) is 2.79. The molecule has 8 heteroatoms. The normalized spacial score (nSPS) is 12.0. The molecule has 3 rings (SSSR count). The number of halogens is 1. The van der Waals surface area contributed by atoms with E-state index in [1.807, 2.05) is 38.1 Å². The summed E-state index contributed by atoms with van der Waals surface area (Å²) in [7, 11) is 0. The van der Waals surface area contributed by atoms with Gasteiger partial charge in [-0.3, -0.25) is 4.79 Å². The highest BCUT2D eigenvalue weighted by Gasteiger charge is 2.16. The van der Waals surface area contributed by atoms with E-state index in [1.165, 1.54) is 34.1 Å². The third-order valence-electron chi connectivity index (χ3n) is 4.30. The first kappa shape index (κ1) is 19.9. The number of hydrogen-bond acceptors (Lipinski definition) is 5. The molecular weight excluding hydrogens is 377 g/mol. The number of nitrogens with two attached hydrogens (primary N) is 1. The minimum Gasteiger partial charge on any atom is -0.349 e. The van der Waals surface area contributed by atoms with Crippen molar-refractivity contribution in [3.63, 3.8) is 0 Å². The summed E-state index contributed by atoms with van der Waals surface area (Å²) in [5.74, 6) is 6.02. The molecule has 0 unspecified atom stereocenters. The number of aromatic nitrogens is 3. The first-order valence-electron chi connectivity index (χ1n) is 8.93. The molecule has 1 aromatic heterocycles. The average molecular weight is 399 g/mol. The lowest BCUT2D eigenvalue weighted by molar-refractivity contribution is -0.119. The van der Waals surface area contributed by atoms with Crippen molar-refractivity contribution in [1.29, 1.82) is 0 Å². The van der Waals surface area contributed by atoms with Gasteiger partial charge in [0.05, 0.1) is 11.8 Å². The molecule has 2 aromatic carbocycles. The monoisotopic (exact) mass is 399 g/mol. The predicted molar refractivity (Wildman–Crippen MR) is 109 cm³/mol. The number of carbonyl (C=O) groups excluding carboxylic acids is 1. The third-order valence-corrected chi connectivity index (χ3v) is 5.25. The van der Waals surface area contributed by atoms with Gasteiger partial charge in [-0.2, -0.15) is 0 Å². The number of benzene rings is 2. The Balaban J connectivity index is 1.62. The first-order chi connectivity index (χ1) is 13.5. The molecule has 0 aliphatic rings. The highest BCUT2D eigenvalue weighted by atomic mass is 32.2. The summed E-state index contributed by atoms with van der Waals surface area (Å²) in [6.07, 6.45) is 0.788. The van der Waals surface area contributed by atoms with E-state index >= 15 is 0 Å². The maximum Gasteiger partial charge on any atom is 0.230 e. The van der Waals surface area contributed by atoms with Crippen LogP contribution >= 0.6 is 11.8 Å². The molecule has 0 spiro atoms. The van der Waals surface area contributed by atoms with Gasteiger partial charge >= 0.3 is 0 Å². The molecule has 28 heavy (non-hydrogen) atoms. The number of rotatable bonds is 7. The van der Waals surface area contributed by atoms with Gasteiger partial charge in [-0.05, 0) is 31.0 Å². The Labute approximate surface area is 167 Å². The Morgan fingerprint density at radius 2 is 2.00 bits per heavy atom. The maximum atomic E-state index is 13.4. The fraction of sp³-hybridized carbons (Fsp3) is 0.250. The van der Waals surface area contributed by atoms with E-state index in [0.29, 0.717) is 16.5 Å². The van der Waals surface area contributed by atoms with Crippen LogP contribution in [0.25, 0.3) is 11.4 Å². The van der Waals surface area contributed by atoms with Gasteiger partial charge < -0.3 is 11.2 Å². The Kier molecular flexibility index (Phi) is 6.30. The molecule has 3 aromatic rings. The van der Waals surface area contributed by atoms with Crippen molar-refractivity contribution in [3.8, 4) is 11.4 Å². The molecule has 0 saturated heterocycles. The van der Waals surface area contributed by atoms with E-state index in [-0.39, 0.29) is 23.5 Å². The van der Waals surface area contributed by atoms with Crippen LogP contribution in [0.5, 0.6) is 0 Å². The second-order valence-corrected chi connectivity index (χ2v) is 7.36. The molecule has 0 aliphatic heterocycles. The average Bonchev–Trinajstić information content (AvgIpc) is 3.06. The van der Waals surface area contributed by atoms with Crippen LogP contribution in [0.3, 0.4) is 0 Å². The molecule has 146 valence electrons. The first-order valence-corrected chi connectivity index (χ1v) is 9.91. The van der Waals surface area contributed by atoms with Crippen molar-refractivity contribution in [2.24, 2.45) is 0 Å². The van der Waals surface area contributed by atoms with E-state index in [2.05, 4.69) is 15.5 Å². The summed E-state index contributed by atoms with van der Waals surface area (Å²) in [5, 5.41) is 11.4. The van der Waals surface area contributed by atoms with E-state index in [9.17, 15) is 9.18 Å². The Morgan fingerprint density at radius 1 is 1.25 bits per heavy atom. The zero-order chi connectivity index (χ0) is 20.1. The molecule has 0 aliphatic carbocycles. The van der Waals surface area contributed by atoms with Crippen LogP contribution in [0, 0.1) is 12.7 Å². The fourth-order valence-corrected chi connectivity index (χ4v) is 3.45. The number of nitrogen functional groups attached to an aromatic ring is 1. The summed E-state index contributed by atoms with van der Waals surface area (Å²) in [5.41, 5.74) is 2.77. The molecule has 0 radical (unpaired) electrons. The van der Waals surface area contributed by atoms with Crippen molar-refractivity contribution in [2.45, 2.75) is 31.5 Å². The van der Waals surface area contributed by atoms with Gasteiger partial charge in [0.1, 0.15) is 5.82 Å². The maximum absolute atomic E-state index is 13.4. The highest BCUT2D eigenvalue weighted by Crippen LogP contribution is 2.23. The van der Waals surface area contributed by atoms with Crippen LogP contribution in [-0.4, -0.2) is 26.5 Å². The minimum absolute atomic E-state index is 0.0488. The van der Waals surface area contributed by atoms with Crippen LogP contribution in [0.2, 0.25) is 0 Å². The lowest BCUT2D eigenvalue weighted by atomic mass is 10.0. The van der Waals surface area contributed by atoms with Gasteiger partial charge in [-0.25, -0.2) is 9.07 Å². The van der Waals surface area contributed by atoms with Gasteiger partial charge in [-0.15, -0.1) is 10.2 Å². The van der Waals surface area contributed by atoms with Gasteiger partial charge in [0.2, 0.25) is 11.1 Å². The van der Waals surface area contributed by atoms with E-state index < -0.39 is 0 Å². The quantitative estimate of drug-likeness (QED) is 0.469. The second kappa shape index (κ2) is 8.88. The summed E-state index contributed by atoms with van der Waals surface area (Å²) in [6.45, 7) is 4.06. The highest BCUT2D eigenvalue weighted by molar-refractivity contribution is 7.99. The Bertz CT molecular complexity index is 957. The number of hydrogen-bond donors (Lipinski definition) is 2. The second-order valence-electron chi connectivity index (χ2n) is 6.41. The molecule has 0 fully saturated rings. The number of nitrogens with one attached hydrogen (secondary N) is 1. The molecular formula is C20H22FN5OS. The van der Waals surface area contributed by atoms with Crippen molar-refractivity contribution < 1.29 is 9.18 Å². The van der Waals surface area contributed by atoms with Gasteiger partial charge in [0.15, 0.2) is 5.82 Å². The predicted octanol–water partition coefficient (Wildman–Crippen LogP) is 3.47. The van der Waals surface area contributed by atoms with Crippen LogP contribution in [0.15, 0.2) is 53.7 Å². The lowest BCUT2D eigenvalue weighted by Crippen LogP contribution is -2.29. The van der Waals surface area contributed by atoms with Crippen molar-refractivity contribution in [1.82, 2.24) is 20.2 Å². The number of thioether (sulfide) groups is 1. The molecule has 1 amide bonds. The zero-order valence-corrected chi connectivity index (χ0v) is 16.5. The molecule has 0 saturated carbocycles. The Hall–Kier alpha value is -2.87. The SMILES string of the molecule is CC[C@H](NC(=O)CSc1nnc(-c2cccc(F)c2)n1N)c1ccc(C)cc1. The van der Waals surface area contributed by atoms with Crippen LogP contribution in [-0.2, 0) is 4.79 Å². The standard InChI is InChI=1S/C20H22FN5OS/c1-3-17(14-9-7-13(2)8-10-14)23-18(27)12-28-20-25-24-19(26(20)22)15-5-4-6-16(21)11-15/h4-11,17H,3,12,22H2,1-2H3,(H,23,27)/t17-/m0/s1. The van der Waals surface area contributed by atoms with E-state index in [1.54, 1.807) is 12.1 Å². The number of aryl methyl sites for hydroxylation is 1.